The van der Waals surface area contributed by atoms with Crippen molar-refractivity contribution in [3.8, 4) is 0 Å². The Morgan fingerprint density at radius 2 is 1.71 bits per heavy atom. The quantitative estimate of drug-likeness (QED) is 0.566. The number of carbonyl (C=O) groups is 2. The lowest BCUT2D eigenvalue weighted by molar-refractivity contribution is -0.178. The van der Waals surface area contributed by atoms with E-state index >= 15 is 0 Å². The summed E-state index contributed by atoms with van der Waals surface area (Å²) in [4.78, 5) is 23.6. The Balaban J connectivity index is 3.02. The maximum atomic E-state index is 12.5. The van der Waals surface area contributed by atoms with E-state index in [0.29, 0.717) is 0 Å². The molecule has 2 atom stereocenters. The molecule has 0 spiro atoms. The number of hydrogen-bond acceptors (Lipinski definition) is 6. The van der Waals surface area contributed by atoms with Gasteiger partial charge in [-0.15, -0.1) is 0 Å². The van der Waals surface area contributed by atoms with Crippen molar-refractivity contribution in [1.29, 1.82) is 0 Å². The van der Waals surface area contributed by atoms with Crippen LogP contribution in [-0.2, 0) is 27.9 Å². The predicted molar refractivity (Wildman–Crippen MR) is 77.4 cm³/mol. The molecule has 7 nitrogen and oxygen atoms in total. The maximum Gasteiger partial charge on any atom is 0.471 e. The van der Waals surface area contributed by atoms with Gasteiger partial charge in [0.15, 0.2) is 0 Å². The summed E-state index contributed by atoms with van der Waals surface area (Å²) >= 11 is 0. The van der Waals surface area contributed by atoms with Crippen LogP contribution in [0.15, 0.2) is 0 Å². The van der Waals surface area contributed by atoms with Crippen molar-refractivity contribution < 1.29 is 41.1 Å². The number of nitrogens with one attached hydrogen (secondary N) is 1. The number of halogens is 3. The smallest absolute Gasteiger partial charge is 0.458 e. The van der Waals surface area contributed by atoms with Crippen LogP contribution in [0.2, 0.25) is 0 Å². The minimum atomic E-state index is -5.16. The summed E-state index contributed by atoms with van der Waals surface area (Å²) in [6.45, 7) is 4.62. The molecule has 0 aromatic rings. The highest BCUT2D eigenvalue weighted by atomic mass is 31.2. The number of alkyl halides is 3. The van der Waals surface area contributed by atoms with Crippen molar-refractivity contribution in [2.24, 2.45) is 5.92 Å². The molecule has 0 heterocycles. The second kappa shape index (κ2) is 6.65. The van der Waals surface area contributed by atoms with E-state index in [2.05, 4.69) is 0 Å². The summed E-state index contributed by atoms with van der Waals surface area (Å²) < 4.78 is 64.3. The van der Waals surface area contributed by atoms with Crippen molar-refractivity contribution in [3.63, 3.8) is 0 Å². The Labute approximate surface area is 137 Å². The minimum absolute atomic E-state index is 0.152. The molecule has 0 bridgehead atoms. The molecule has 1 N–H and O–H groups in total. The molecule has 0 radical (unpaired) electrons. The van der Waals surface area contributed by atoms with Crippen LogP contribution in [-0.4, -0.2) is 49.6 Å². The number of carbonyl (C=O) groups excluding carboxylic acids is 2. The molecule has 0 aromatic heterocycles. The zero-order valence-corrected chi connectivity index (χ0v) is 14.9. The van der Waals surface area contributed by atoms with Gasteiger partial charge in [0, 0.05) is 20.1 Å². The number of ether oxygens (including phenoxy) is 1. The molecule has 1 saturated carbocycles. The fraction of sp³-hybridized carbons (Fsp3) is 0.846. The first kappa shape index (κ1) is 20.9. The van der Waals surface area contributed by atoms with Gasteiger partial charge in [0.1, 0.15) is 11.1 Å². The zero-order chi connectivity index (χ0) is 19.0. The summed E-state index contributed by atoms with van der Waals surface area (Å²) in [5.74, 6) is -4.14. The van der Waals surface area contributed by atoms with Gasteiger partial charge >= 0.3 is 25.6 Å². The van der Waals surface area contributed by atoms with E-state index in [-0.39, 0.29) is 12.6 Å². The van der Waals surface area contributed by atoms with Gasteiger partial charge in [-0.25, -0.2) is 4.79 Å². The van der Waals surface area contributed by atoms with E-state index in [4.69, 9.17) is 13.8 Å². The molecular weight excluding hydrogens is 354 g/mol. The summed E-state index contributed by atoms with van der Waals surface area (Å²) in [6, 6.07) is 0. The van der Waals surface area contributed by atoms with Gasteiger partial charge in [0.25, 0.3) is 0 Å². The standard InChI is InChI=1S/C13H21F3NO6P/c1-11(2,3)23-10(19)12(17-9(18)13(14,15)16)6-8(12)7-24(20,21-4)22-5/h8H,6-7H2,1-5H3,(H,17,18)/t8-,12-/m1/s1. The number of hydrogen-bond donors (Lipinski definition) is 1. The van der Waals surface area contributed by atoms with Crippen molar-refractivity contribution in [2.45, 2.75) is 44.5 Å². The van der Waals surface area contributed by atoms with Gasteiger partial charge in [-0.2, -0.15) is 13.2 Å². The third-order valence-corrected chi connectivity index (χ3v) is 5.46. The van der Waals surface area contributed by atoms with Crippen molar-refractivity contribution in [3.05, 3.63) is 0 Å². The first-order valence-electron chi connectivity index (χ1n) is 7.02. The van der Waals surface area contributed by atoms with Crippen molar-refractivity contribution >= 4 is 19.5 Å². The van der Waals surface area contributed by atoms with Gasteiger partial charge in [-0.05, 0) is 27.2 Å². The highest BCUT2D eigenvalue weighted by Gasteiger charge is 2.66. The normalized spacial score (nSPS) is 24.4. The fourth-order valence-electron chi connectivity index (χ4n) is 2.14. The molecule has 140 valence electrons. The van der Waals surface area contributed by atoms with E-state index in [0.717, 1.165) is 14.2 Å². The van der Waals surface area contributed by atoms with E-state index in [9.17, 15) is 27.3 Å². The van der Waals surface area contributed by atoms with Gasteiger partial charge in [-0.1, -0.05) is 0 Å². The van der Waals surface area contributed by atoms with Crippen LogP contribution in [0.5, 0.6) is 0 Å². The molecule has 1 aliphatic carbocycles. The molecule has 24 heavy (non-hydrogen) atoms. The average molecular weight is 375 g/mol. The summed E-state index contributed by atoms with van der Waals surface area (Å²) in [5.41, 5.74) is -2.86. The highest BCUT2D eigenvalue weighted by Crippen LogP contribution is 2.57. The monoisotopic (exact) mass is 375 g/mol. The zero-order valence-electron chi connectivity index (χ0n) is 14.0. The van der Waals surface area contributed by atoms with Crippen LogP contribution in [0.25, 0.3) is 0 Å². The molecule has 1 amide bonds. The summed E-state index contributed by atoms with van der Waals surface area (Å²) in [7, 11) is -1.33. The van der Waals surface area contributed by atoms with E-state index < -0.39 is 42.7 Å². The molecule has 0 saturated heterocycles. The second-order valence-electron chi connectivity index (χ2n) is 6.48. The predicted octanol–water partition coefficient (Wildman–Crippen LogP) is 2.25. The molecule has 0 unspecified atom stereocenters. The molecule has 1 rings (SSSR count). The first-order valence-corrected chi connectivity index (χ1v) is 8.75. The van der Waals surface area contributed by atoms with Gasteiger partial charge in [0.05, 0.1) is 6.16 Å². The Morgan fingerprint density at radius 3 is 2.08 bits per heavy atom. The topological polar surface area (TPSA) is 90.9 Å². The second-order valence-corrected chi connectivity index (χ2v) is 8.80. The van der Waals surface area contributed by atoms with Crippen LogP contribution < -0.4 is 5.32 Å². The molecular formula is C13H21F3NO6P. The van der Waals surface area contributed by atoms with Crippen molar-refractivity contribution in [1.82, 2.24) is 5.32 Å². The lowest BCUT2D eigenvalue weighted by Gasteiger charge is -2.26. The lowest BCUT2D eigenvalue weighted by atomic mass is 10.1. The van der Waals surface area contributed by atoms with Crippen molar-refractivity contribution in [2.75, 3.05) is 20.4 Å². The lowest BCUT2D eigenvalue weighted by Crippen LogP contribution is -2.52. The van der Waals surface area contributed by atoms with Gasteiger partial charge in [0.2, 0.25) is 0 Å². The Hall–Kier alpha value is -1.12. The average Bonchev–Trinajstić information content (AvgIpc) is 3.09. The third-order valence-electron chi connectivity index (χ3n) is 3.46. The summed E-state index contributed by atoms with van der Waals surface area (Å²) in [6.07, 6.45) is -5.63. The van der Waals surface area contributed by atoms with Gasteiger partial charge < -0.3 is 19.1 Å². The molecule has 0 aromatic carbocycles. The fourth-order valence-corrected chi connectivity index (χ4v) is 3.57. The van der Waals surface area contributed by atoms with Gasteiger partial charge in [-0.3, -0.25) is 9.36 Å². The largest absolute Gasteiger partial charge is 0.471 e. The summed E-state index contributed by atoms with van der Waals surface area (Å²) in [5, 5.41) is 1.68. The minimum Gasteiger partial charge on any atom is -0.458 e. The molecule has 0 aliphatic heterocycles. The Bertz CT molecular complexity index is 551. The number of amides is 1. The third kappa shape index (κ3) is 4.94. The van der Waals surface area contributed by atoms with Crippen LogP contribution in [0.1, 0.15) is 27.2 Å². The molecule has 1 aliphatic rings. The molecule has 1 fully saturated rings. The van der Waals surface area contributed by atoms with E-state index in [1.165, 1.54) is 20.8 Å². The van der Waals surface area contributed by atoms with Crippen LogP contribution in [0.3, 0.4) is 0 Å². The van der Waals surface area contributed by atoms with Crippen LogP contribution >= 0.6 is 7.60 Å². The van der Waals surface area contributed by atoms with E-state index in [1.807, 2.05) is 0 Å². The van der Waals surface area contributed by atoms with Crippen LogP contribution in [0, 0.1) is 5.92 Å². The SMILES string of the molecule is COP(=O)(C[C@H]1C[C@]1(NC(=O)C(F)(F)F)C(=O)OC(C)(C)C)OC. The first-order chi connectivity index (χ1) is 10.7. The highest BCUT2D eigenvalue weighted by molar-refractivity contribution is 7.53. The number of rotatable bonds is 6. The van der Waals surface area contributed by atoms with Crippen LogP contribution in [0.4, 0.5) is 13.2 Å². The maximum absolute atomic E-state index is 12.5. The Morgan fingerprint density at radius 1 is 1.21 bits per heavy atom. The van der Waals surface area contributed by atoms with E-state index in [1.54, 1.807) is 5.32 Å². The molecule has 11 heteroatoms. The Kier molecular flexibility index (Phi) is 5.80. The number of esters is 1.